The maximum atomic E-state index is 12.5. The maximum Gasteiger partial charge on any atom is 0.238 e. The summed E-state index contributed by atoms with van der Waals surface area (Å²) in [5.41, 5.74) is 4.08. The number of nitrogens with one attached hydrogen (secondary N) is 1. The van der Waals surface area contributed by atoms with Gasteiger partial charge in [0.05, 0.1) is 5.75 Å². The molecule has 1 saturated carbocycles. The van der Waals surface area contributed by atoms with Crippen LogP contribution < -0.4 is 10.2 Å². The fraction of sp³-hybridized carbons (Fsp3) is 0.333. The van der Waals surface area contributed by atoms with Gasteiger partial charge in [-0.2, -0.15) is 0 Å². The van der Waals surface area contributed by atoms with Crippen LogP contribution in [0.2, 0.25) is 0 Å². The van der Waals surface area contributed by atoms with Crippen molar-refractivity contribution in [2.24, 2.45) is 5.92 Å². The lowest BCUT2D eigenvalue weighted by molar-refractivity contribution is -0.117. The van der Waals surface area contributed by atoms with E-state index in [2.05, 4.69) is 24.4 Å². The first-order chi connectivity index (χ1) is 12.7. The van der Waals surface area contributed by atoms with E-state index in [9.17, 15) is 9.59 Å². The molecule has 0 radical (unpaired) electrons. The van der Waals surface area contributed by atoms with E-state index in [1.807, 2.05) is 41.3 Å². The predicted octanol–water partition coefficient (Wildman–Crippen LogP) is 4.38. The van der Waals surface area contributed by atoms with Gasteiger partial charge in [-0.15, -0.1) is 11.8 Å². The zero-order valence-corrected chi connectivity index (χ0v) is 15.6. The molecule has 1 heterocycles. The van der Waals surface area contributed by atoms with Crippen molar-refractivity contribution in [1.82, 2.24) is 0 Å². The van der Waals surface area contributed by atoms with Gasteiger partial charge in [0.1, 0.15) is 5.37 Å². The normalized spacial score (nSPS) is 19.7. The summed E-state index contributed by atoms with van der Waals surface area (Å²) in [4.78, 5) is 26.3. The van der Waals surface area contributed by atoms with Gasteiger partial charge in [0.25, 0.3) is 0 Å². The van der Waals surface area contributed by atoms with Gasteiger partial charge in [0.2, 0.25) is 11.8 Å². The van der Waals surface area contributed by atoms with E-state index < -0.39 is 0 Å². The van der Waals surface area contributed by atoms with Gasteiger partial charge in [0.15, 0.2) is 0 Å². The van der Waals surface area contributed by atoms with E-state index in [1.54, 1.807) is 11.8 Å². The van der Waals surface area contributed by atoms with Crippen LogP contribution in [0.5, 0.6) is 0 Å². The Balaban J connectivity index is 1.55. The molecule has 2 aliphatic rings. The lowest BCUT2D eigenvalue weighted by Crippen LogP contribution is -2.27. The Morgan fingerprint density at radius 2 is 1.96 bits per heavy atom. The van der Waals surface area contributed by atoms with Crippen LogP contribution in [0.4, 0.5) is 11.4 Å². The van der Waals surface area contributed by atoms with E-state index in [-0.39, 0.29) is 23.1 Å². The molecule has 2 fully saturated rings. The first-order valence-corrected chi connectivity index (χ1v) is 10.1. The Hall–Kier alpha value is -2.27. The number of rotatable bonds is 5. The van der Waals surface area contributed by atoms with E-state index >= 15 is 0 Å². The number of anilines is 2. The van der Waals surface area contributed by atoms with Gasteiger partial charge in [-0.3, -0.25) is 14.5 Å². The van der Waals surface area contributed by atoms with Gasteiger partial charge in [-0.05, 0) is 54.7 Å². The Bertz CT molecular complexity index is 830. The number of nitrogens with zero attached hydrogens (tertiary/aromatic N) is 1. The SMILES string of the molecule is CCc1cccc(N2C(=O)CSC2c2ccc(NC(=O)C3CC3)cc2)c1. The number of carbonyl (C=O) groups excluding carboxylic acids is 2. The molecule has 2 aromatic rings. The van der Waals surface area contributed by atoms with E-state index in [0.29, 0.717) is 5.75 Å². The van der Waals surface area contributed by atoms with Crippen LogP contribution in [-0.4, -0.2) is 17.6 Å². The highest BCUT2D eigenvalue weighted by Crippen LogP contribution is 2.42. The quantitative estimate of drug-likeness (QED) is 0.854. The Kier molecular flexibility index (Phi) is 4.72. The van der Waals surface area contributed by atoms with Crippen LogP contribution in [-0.2, 0) is 16.0 Å². The summed E-state index contributed by atoms with van der Waals surface area (Å²) in [6, 6.07) is 16.1. The number of aryl methyl sites for hydroxylation is 1. The second-order valence-corrected chi connectivity index (χ2v) is 7.90. The molecular formula is C21H22N2O2S. The van der Waals surface area contributed by atoms with Crippen molar-refractivity contribution in [2.75, 3.05) is 16.0 Å². The van der Waals surface area contributed by atoms with Crippen molar-refractivity contribution in [1.29, 1.82) is 0 Å². The second kappa shape index (κ2) is 7.16. The molecule has 134 valence electrons. The third-order valence-electron chi connectivity index (χ3n) is 4.88. The molecule has 1 N–H and O–H groups in total. The fourth-order valence-electron chi connectivity index (χ4n) is 3.20. The molecule has 1 saturated heterocycles. The van der Waals surface area contributed by atoms with E-state index in [4.69, 9.17) is 0 Å². The third kappa shape index (κ3) is 3.49. The number of thioether (sulfide) groups is 1. The molecule has 2 amide bonds. The van der Waals surface area contributed by atoms with Crippen LogP contribution in [0.25, 0.3) is 0 Å². The molecule has 26 heavy (non-hydrogen) atoms. The van der Waals surface area contributed by atoms with Crippen molar-refractivity contribution < 1.29 is 9.59 Å². The highest BCUT2D eigenvalue weighted by molar-refractivity contribution is 8.00. The molecule has 1 aliphatic carbocycles. The standard InChI is InChI=1S/C21H22N2O2S/c1-2-14-4-3-5-18(12-14)23-19(24)13-26-21(23)16-8-10-17(11-9-16)22-20(25)15-6-7-15/h3-5,8-12,15,21H,2,6-7,13H2,1H3,(H,22,25). The zero-order valence-electron chi connectivity index (χ0n) is 14.8. The highest BCUT2D eigenvalue weighted by Gasteiger charge is 2.34. The van der Waals surface area contributed by atoms with Crippen molar-refractivity contribution in [3.8, 4) is 0 Å². The maximum absolute atomic E-state index is 12.5. The lowest BCUT2D eigenvalue weighted by atomic mass is 10.1. The molecule has 5 heteroatoms. The number of hydrogen-bond donors (Lipinski definition) is 1. The van der Waals surface area contributed by atoms with Gasteiger partial charge in [-0.1, -0.05) is 31.2 Å². The smallest absolute Gasteiger partial charge is 0.238 e. The summed E-state index contributed by atoms with van der Waals surface area (Å²) in [7, 11) is 0. The fourth-order valence-corrected chi connectivity index (χ4v) is 4.37. The summed E-state index contributed by atoms with van der Waals surface area (Å²) in [6.45, 7) is 2.12. The topological polar surface area (TPSA) is 49.4 Å². The summed E-state index contributed by atoms with van der Waals surface area (Å²) in [5, 5.41) is 2.94. The summed E-state index contributed by atoms with van der Waals surface area (Å²) in [6.07, 6.45) is 2.94. The van der Waals surface area contributed by atoms with Crippen LogP contribution in [0, 0.1) is 5.92 Å². The van der Waals surface area contributed by atoms with Crippen LogP contribution in [0.15, 0.2) is 48.5 Å². The summed E-state index contributed by atoms with van der Waals surface area (Å²) >= 11 is 1.64. The first-order valence-electron chi connectivity index (χ1n) is 9.09. The molecule has 1 aliphatic heterocycles. The molecule has 1 atom stereocenters. The number of carbonyl (C=O) groups is 2. The second-order valence-electron chi connectivity index (χ2n) is 6.84. The van der Waals surface area contributed by atoms with E-state index in [1.165, 1.54) is 5.56 Å². The number of benzene rings is 2. The zero-order chi connectivity index (χ0) is 18.1. The van der Waals surface area contributed by atoms with Crippen molar-refractivity contribution in [3.05, 3.63) is 59.7 Å². The van der Waals surface area contributed by atoms with Crippen molar-refractivity contribution in [2.45, 2.75) is 31.6 Å². The minimum atomic E-state index is -0.0252. The molecule has 0 aromatic heterocycles. The largest absolute Gasteiger partial charge is 0.326 e. The Labute approximate surface area is 158 Å². The minimum absolute atomic E-state index is 0.0252. The molecular weight excluding hydrogens is 344 g/mol. The molecule has 2 aromatic carbocycles. The molecule has 0 bridgehead atoms. The Morgan fingerprint density at radius 1 is 1.19 bits per heavy atom. The first kappa shape index (κ1) is 17.2. The van der Waals surface area contributed by atoms with Gasteiger partial charge in [-0.25, -0.2) is 0 Å². The molecule has 0 spiro atoms. The van der Waals surface area contributed by atoms with Crippen LogP contribution in [0.3, 0.4) is 0 Å². The third-order valence-corrected chi connectivity index (χ3v) is 6.09. The summed E-state index contributed by atoms with van der Waals surface area (Å²) < 4.78 is 0. The molecule has 4 rings (SSSR count). The van der Waals surface area contributed by atoms with Crippen LogP contribution in [0.1, 0.15) is 36.3 Å². The summed E-state index contributed by atoms with van der Waals surface area (Å²) in [5.74, 6) is 0.931. The average Bonchev–Trinajstić information content (AvgIpc) is 3.45. The van der Waals surface area contributed by atoms with E-state index in [0.717, 1.165) is 36.2 Å². The number of hydrogen-bond acceptors (Lipinski definition) is 3. The Morgan fingerprint density at radius 3 is 2.65 bits per heavy atom. The number of amides is 2. The highest BCUT2D eigenvalue weighted by atomic mass is 32.2. The molecule has 4 nitrogen and oxygen atoms in total. The molecule has 1 unspecified atom stereocenters. The lowest BCUT2D eigenvalue weighted by Gasteiger charge is -2.25. The average molecular weight is 366 g/mol. The van der Waals surface area contributed by atoms with Gasteiger partial charge in [0, 0.05) is 17.3 Å². The monoisotopic (exact) mass is 366 g/mol. The van der Waals surface area contributed by atoms with Gasteiger partial charge < -0.3 is 5.32 Å². The van der Waals surface area contributed by atoms with Gasteiger partial charge >= 0.3 is 0 Å². The minimum Gasteiger partial charge on any atom is -0.326 e. The van der Waals surface area contributed by atoms with Crippen molar-refractivity contribution >= 4 is 35.0 Å². The predicted molar refractivity (Wildman–Crippen MR) is 106 cm³/mol. The van der Waals surface area contributed by atoms with Crippen molar-refractivity contribution in [3.63, 3.8) is 0 Å². The van der Waals surface area contributed by atoms with Crippen LogP contribution >= 0.6 is 11.8 Å².